The van der Waals surface area contributed by atoms with Gasteiger partial charge >= 0.3 is 5.97 Å². The lowest BCUT2D eigenvalue weighted by atomic mass is 9.98. The van der Waals surface area contributed by atoms with Gasteiger partial charge in [0.25, 0.3) is 5.91 Å². The van der Waals surface area contributed by atoms with Gasteiger partial charge in [-0.3, -0.25) is 9.59 Å². The van der Waals surface area contributed by atoms with Crippen molar-refractivity contribution >= 4 is 29.2 Å². The van der Waals surface area contributed by atoms with E-state index in [1.165, 1.54) is 13.1 Å². The molecule has 1 aromatic carbocycles. The number of nitrogens with one attached hydrogen (secondary N) is 1. The van der Waals surface area contributed by atoms with Crippen LogP contribution in [0.2, 0.25) is 5.15 Å². The molecule has 0 aliphatic carbocycles. The Morgan fingerprint density at radius 3 is 2.54 bits per heavy atom. The highest BCUT2D eigenvalue weighted by Gasteiger charge is 2.20. The van der Waals surface area contributed by atoms with E-state index in [4.69, 9.17) is 16.3 Å². The van der Waals surface area contributed by atoms with Crippen molar-refractivity contribution in [3.63, 3.8) is 0 Å². The molecular formula is C18H19ClN2O3. The van der Waals surface area contributed by atoms with Crippen molar-refractivity contribution in [3.8, 4) is 0 Å². The van der Waals surface area contributed by atoms with Crippen molar-refractivity contribution in [1.29, 1.82) is 0 Å². The smallest absolute Gasteiger partial charge is 0.307 e. The summed E-state index contributed by atoms with van der Waals surface area (Å²) in [6.45, 7) is 3.46. The lowest BCUT2D eigenvalue weighted by Gasteiger charge is -2.16. The Morgan fingerprint density at radius 1 is 1.17 bits per heavy atom. The van der Waals surface area contributed by atoms with Crippen LogP contribution in [0.4, 0.5) is 5.69 Å². The molecule has 0 fully saturated rings. The molecule has 0 aliphatic rings. The Labute approximate surface area is 146 Å². The van der Waals surface area contributed by atoms with Crippen molar-refractivity contribution < 1.29 is 14.3 Å². The van der Waals surface area contributed by atoms with Gasteiger partial charge in [0.1, 0.15) is 0 Å². The second kappa shape index (κ2) is 8.45. The summed E-state index contributed by atoms with van der Waals surface area (Å²) < 4.78 is 5.20. The first kappa shape index (κ1) is 17.9. The van der Waals surface area contributed by atoms with Gasteiger partial charge < -0.3 is 10.1 Å². The Balaban J connectivity index is 1.87. The number of halogens is 1. The van der Waals surface area contributed by atoms with E-state index in [1.807, 2.05) is 37.3 Å². The number of benzene rings is 1. The van der Waals surface area contributed by atoms with E-state index in [0.29, 0.717) is 5.69 Å². The third-order valence-electron chi connectivity index (χ3n) is 3.54. The normalized spacial score (nSPS) is 13.0. The minimum Gasteiger partial charge on any atom is -0.453 e. The molecule has 6 heteroatoms. The van der Waals surface area contributed by atoms with Crippen LogP contribution in [0.1, 0.15) is 31.7 Å². The van der Waals surface area contributed by atoms with Crippen LogP contribution in [0.3, 0.4) is 0 Å². The van der Waals surface area contributed by atoms with Crippen molar-refractivity contribution in [1.82, 2.24) is 4.98 Å². The minimum absolute atomic E-state index is 0.0155. The summed E-state index contributed by atoms with van der Waals surface area (Å²) in [6, 6.07) is 13.0. The fourth-order valence-corrected chi connectivity index (χ4v) is 2.33. The Hall–Kier alpha value is -2.40. The van der Waals surface area contributed by atoms with Crippen LogP contribution in [0.25, 0.3) is 0 Å². The maximum Gasteiger partial charge on any atom is 0.307 e. The van der Waals surface area contributed by atoms with E-state index in [-0.39, 0.29) is 17.5 Å². The molecule has 5 nitrogen and oxygen atoms in total. The Morgan fingerprint density at radius 2 is 1.88 bits per heavy atom. The number of hydrogen-bond donors (Lipinski definition) is 1. The lowest BCUT2D eigenvalue weighted by Crippen LogP contribution is -2.30. The lowest BCUT2D eigenvalue weighted by molar-refractivity contribution is -0.153. The summed E-state index contributed by atoms with van der Waals surface area (Å²) in [5, 5.41) is 2.77. The van der Waals surface area contributed by atoms with Crippen LogP contribution in [-0.4, -0.2) is 23.0 Å². The highest BCUT2D eigenvalue weighted by Crippen LogP contribution is 2.20. The van der Waals surface area contributed by atoms with Crippen LogP contribution in [0, 0.1) is 0 Å². The summed E-state index contributed by atoms with van der Waals surface area (Å²) in [4.78, 5) is 28.0. The fourth-order valence-electron chi connectivity index (χ4n) is 2.16. The third-order valence-corrected chi connectivity index (χ3v) is 3.84. The van der Waals surface area contributed by atoms with Crippen LogP contribution in [0.5, 0.6) is 0 Å². The molecule has 0 spiro atoms. The van der Waals surface area contributed by atoms with E-state index in [9.17, 15) is 9.59 Å². The first-order chi connectivity index (χ1) is 11.5. The van der Waals surface area contributed by atoms with Crippen LogP contribution >= 0.6 is 11.6 Å². The zero-order chi connectivity index (χ0) is 17.5. The van der Waals surface area contributed by atoms with Crippen molar-refractivity contribution in [2.45, 2.75) is 32.3 Å². The van der Waals surface area contributed by atoms with Gasteiger partial charge in [-0.1, -0.05) is 48.9 Å². The highest BCUT2D eigenvalue weighted by atomic mass is 35.5. The van der Waals surface area contributed by atoms with E-state index in [2.05, 4.69) is 10.3 Å². The SMILES string of the molecule is C[C@H](OC(=O)C[C@@H](C)c1ccccc1)C(=O)Nc1cccnc1Cl. The predicted molar refractivity (Wildman–Crippen MR) is 92.9 cm³/mol. The molecule has 2 atom stereocenters. The van der Waals surface area contributed by atoms with Crippen molar-refractivity contribution in [2.75, 3.05) is 5.32 Å². The highest BCUT2D eigenvalue weighted by molar-refractivity contribution is 6.32. The number of aromatic nitrogens is 1. The quantitative estimate of drug-likeness (QED) is 0.638. The van der Waals surface area contributed by atoms with E-state index in [1.54, 1.807) is 12.1 Å². The molecule has 1 amide bonds. The van der Waals surface area contributed by atoms with E-state index < -0.39 is 18.0 Å². The molecule has 0 saturated carbocycles. The topological polar surface area (TPSA) is 68.3 Å². The Kier molecular flexibility index (Phi) is 6.32. The molecule has 2 rings (SSSR count). The molecule has 1 aromatic heterocycles. The van der Waals surface area contributed by atoms with Gasteiger partial charge in [0, 0.05) is 6.20 Å². The van der Waals surface area contributed by atoms with Gasteiger partial charge in [0.05, 0.1) is 12.1 Å². The first-order valence-corrected chi connectivity index (χ1v) is 8.01. The summed E-state index contributed by atoms with van der Waals surface area (Å²) in [5.41, 5.74) is 1.43. The van der Waals surface area contributed by atoms with Crippen molar-refractivity contribution in [3.05, 3.63) is 59.4 Å². The summed E-state index contributed by atoms with van der Waals surface area (Å²) in [7, 11) is 0. The maximum absolute atomic E-state index is 12.1. The molecule has 0 aliphatic heterocycles. The second-order valence-electron chi connectivity index (χ2n) is 5.48. The second-order valence-corrected chi connectivity index (χ2v) is 5.84. The minimum atomic E-state index is -0.920. The van der Waals surface area contributed by atoms with Gasteiger partial charge in [0.15, 0.2) is 11.3 Å². The molecule has 0 bridgehead atoms. The van der Waals surface area contributed by atoms with Crippen LogP contribution in [-0.2, 0) is 14.3 Å². The number of pyridine rings is 1. The molecule has 126 valence electrons. The molecule has 0 radical (unpaired) electrons. The number of carbonyl (C=O) groups excluding carboxylic acids is 2. The number of anilines is 1. The summed E-state index contributed by atoms with van der Waals surface area (Å²) in [6.07, 6.45) is 0.804. The third kappa shape index (κ3) is 5.06. The molecule has 0 saturated heterocycles. The number of amides is 1. The van der Waals surface area contributed by atoms with Gasteiger partial charge in [-0.25, -0.2) is 4.98 Å². The van der Waals surface area contributed by atoms with Gasteiger partial charge in [-0.15, -0.1) is 0 Å². The Bertz CT molecular complexity index is 706. The average molecular weight is 347 g/mol. The summed E-state index contributed by atoms with van der Waals surface area (Å²) >= 11 is 5.88. The van der Waals surface area contributed by atoms with Crippen molar-refractivity contribution in [2.24, 2.45) is 0 Å². The largest absolute Gasteiger partial charge is 0.453 e. The van der Waals surface area contributed by atoms with Gasteiger partial charge in [-0.2, -0.15) is 0 Å². The first-order valence-electron chi connectivity index (χ1n) is 7.63. The van der Waals surface area contributed by atoms with Gasteiger partial charge in [-0.05, 0) is 30.5 Å². The predicted octanol–water partition coefficient (Wildman–Crippen LogP) is 3.80. The standard InChI is InChI=1S/C18H19ClN2O3/c1-12(14-7-4-3-5-8-14)11-16(22)24-13(2)18(23)21-15-9-6-10-20-17(15)19/h3-10,12-13H,11H2,1-2H3,(H,21,23)/t12-,13+/m1/s1. The molecule has 1 heterocycles. The number of nitrogens with zero attached hydrogens (tertiary/aromatic N) is 1. The zero-order valence-electron chi connectivity index (χ0n) is 13.5. The van der Waals surface area contributed by atoms with Crippen LogP contribution in [0.15, 0.2) is 48.7 Å². The molecule has 1 N–H and O–H groups in total. The number of hydrogen-bond acceptors (Lipinski definition) is 4. The van der Waals surface area contributed by atoms with E-state index >= 15 is 0 Å². The maximum atomic E-state index is 12.1. The molecule has 24 heavy (non-hydrogen) atoms. The number of carbonyl (C=O) groups is 2. The van der Waals surface area contributed by atoms with E-state index in [0.717, 1.165) is 5.56 Å². The number of rotatable bonds is 6. The molecule has 0 unspecified atom stereocenters. The zero-order valence-corrected chi connectivity index (χ0v) is 14.3. The summed E-state index contributed by atoms with van der Waals surface area (Å²) in [5.74, 6) is -0.862. The molecular weight excluding hydrogens is 328 g/mol. The fraction of sp³-hybridized carbons (Fsp3) is 0.278. The van der Waals surface area contributed by atoms with Crippen LogP contribution < -0.4 is 5.32 Å². The van der Waals surface area contributed by atoms with Gasteiger partial charge in [0.2, 0.25) is 0 Å². The molecule has 2 aromatic rings. The monoisotopic (exact) mass is 346 g/mol. The number of ether oxygens (including phenoxy) is 1. The number of esters is 1. The average Bonchev–Trinajstić information content (AvgIpc) is 2.57.